The Balaban J connectivity index is 0.00000320. The largest absolute Gasteiger partial charge is 0.346 e. The van der Waals surface area contributed by atoms with Gasteiger partial charge in [0, 0.05) is 19.1 Å². The third kappa shape index (κ3) is 5.51. The highest BCUT2D eigenvalue weighted by Crippen LogP contribution is 2.31. The molecule has 14 heteroatoms. The van der Waals surface area contributed by atoms with E-state index in [1.807, 2.05) is 0 Å². The fourth-order valence-corrected chi connectivity index (χ4v) is 3.89. The summed E-state index contributed by atoms with van der Waals surface area (Å²) >= 11 is 0.678. The second kappa shape index (κ2) is 10.8. The summed E-state index contributed by atoms with van der Waals surface area (Å²) in [4.78, 5) is 50.1. The lowest BCUT2D eigenvalue weighted by Gasteiger charge is -2.29. The van der Waals surface area contributed by atoms with E-state index >= 15 is 0 Å². The number of amides is 5. The molecule has 3 heterocycles. The van der Waals surface area contributed by atoms with Crippen molar-refractivity contribution in [2.24, 2.45) is 5.73 Å². The number of hydrazine groups is 1. The van der Waals surface area contributed by atoms with Crippen molar-refractivity contribution in [3.05, 3.63) is 0 Å². The lowest BCUT2D eigenvalue weighted by Crippen LogP contribution is -2.54. The number of nitrogens with one attached hydrogen (secondary N) is 4. The van der Waals surface area contributed by atoms with Crippen LogP contribution in [-0.4, -0.2) is 84.6 Å². The van der Waals surface area contributed by atoms with E-state index in [-0.39, 0.29) is 26.1 Å². The molecule has 6 N–H and O–H groups in total. The van der Waals surface area contributed by atoms with Gasteiger partial charge < -0.3 is 21.3 Å². The summed E-state index contributed by atoms with van der Waals surface area (Å²) in [6.45, 7) is 0.560. The Morgan fingerprint density at radius 3 is 2.70 bits per heavy atom. The third-order valence-corrected chi connectivity index (χ3v) is 5.39. The molecule has 0 aromatic carbocycles. The average Bonchev–Trinajstić information content (AvgIpc) is 3.25. The minimum atomic E-state index is -0.688. The van der Waals surface area contributed by atoms with E-state index in [9.17, 15) is 19.2 Å². The van der Waals surface area contributed by atoms with Gasteiger partial charge in [0.1, 0.15) is 6.04 Å². The van der Waals surface area contributed by atoms with Gasteiger partial charge in [-0.1, -0.05) is 7.43 Å². The van der Waals surface area contributed by atoms with E-state index < -0.39 is 35.8 Å². The molecular formula is C16H29N7O6S. The molecule has 5 amide bonds. The number of fused-ring (bicyclic) bond motifs is 2. The number of carbonyl (C=O) groups is 4. The first-order valence-corrected chi connectivity index (χ1v) is 9.90. The molecule has 0 spiro atoms. The summed E-state index contributed by atoms with van der Waals surface area (Å²) in [5.74, 6) is -1.42. The lowest BCUT2D eigenvalue weighted by molar-refractivity contribution is -0.131. The second-order valence-electron chi connectivity index (χ2n) is 7.03. The molecule has 13 nitrogen and oxygen atoms in total. The zero-order valence-corrected chi connectivity index (χ0v) is 16.7. The maximum absolute atomic E-state index is 12.5. The number of hydroxylamine groups is 2. The van der Waals surface area contributed by atoms with Crippen molar-refractivity contribution in [2.45, 2.75) is 50.9 Å². The van der Waals surface area contributed by atoms with Crippen LogP contribution in [0.2, 0.25) is 0 Å². The standard InChI is InChI=1S/C15H25N7O6S.CH4/c1-27-29-28-22-9-2-3-11(21(7-9)15(22)26)14(25)18-6-12(23)19-20-13(24)10-4-8(16)5-17-10;/h8-11,17H,2-7,16H2,1H3,(H,18,25)(H,19,23)(H,20,24);1H4/t8?,9?,10?,11-;/m0./s1. The first-order chi connectivity index (χ1) is 13.9. The molecular weight excluding hydrogens is 418 g/mol. The van der Waals surface area contributed by atoms with Gasteiger partial charge in [0.15, 0.2) is 12.3 Å². The summed E-state index contributed by atoms with van der Waals surface area (Å²) in [7, 11) is 1.42. The van der Waals surface area contributed by atoms with Crippen molar-refractivity contribution in [1.82, 2.24) is 31.4 Å². The molecule has 0 radical (unpaired) electrons. The molecule has 3 saturated heterocycles. The molecule has 3 aliphatic rings. The molecule has 0 saturated carbocycles. The van der Waals surface area contributed by atoms with Crippen LogP contribution in [0, 0.1) is 0 Å². The first kappa shape index (κ1) is 24.1. The van der Waals surface area contributed by atoms with Gasteiger partial charge >= 0.3 is 6.03 Å². The zero-order valence-electron chi connectivity index (χ0n) is 15.9. The fourth-order valence-electron chi connectivity index (χ4n) is 3.58. The highest BCUT2D eigenvalue weighted by Gasteiger charge is 2.48. The highest BCUT2D eigenvalue weighted by molar-refractivity contribution is 7.89. The van der Waals surface area contributed by atoms with Gasteiger partial charge in [0.25, 0.3) is 11.8 Å². The molecule has 0 aromatic rings. The molecule has 4 atom stereocenters. The Labute approximate surface area is 179 Å². The van der Waals surface area contributed by atoms with Crippen LogP contribution in [-0.2, 0) is 22.9 Å². The fraction of sp³-hybridized carbons (Fsp3) is 0.750. The Bertz CT molecular complexity index is 668. The van der Waals surface area contributed by atoms with E-state index in [0.717, 1.165) is 0 Å². The summed E-state index contributed by atoms with van der Waals surface area (Å²) in [5, 5.41) is 6.63. The van der Waals surface area contributed by atoms with E-state index in [0.29, 0.717) is 44.7 Å². The smallest absolute Gasteiger partial charge is 0.345 e. The number of urea groups is 1. The van der Waals surface area contributed by atoms with Crippen molar-refractivity contribution >= 4 is 36.1 Å². The van der Waals surface area contributed by atoms with Crippen molar-refractivity contribution in [3.63, 3.8) is 0 Å². The average molecular weight is 448 g/mol. The monoisotopic (exact) mass is 447 g/mol. The minimum absolute atomic E-state index is 0. The van der Waals surface area contributed by atoms with Crippen molar-refractivity contribution in [3.8, 4) is 0 Å². The summed E-state index contributed by atoms with van der Waals surface area (Å²) < 4.78 is 9.93. The van der Waals surface area contributed by atoms with E-state index in [1.165, 1.54) is 17.1 Å². The second-order valence-corrected chi connectivity index (χ2v) is 7.65. The molecule has 3 aliphatic heterocycles. The van der Waals surface area contributed by atoms with Gasteiger partial charge in [-0.15, -0.1) is 0 Å². The van der Waals surface area contributed by atoms with Gasteiger partial charge in [-0.3, -0.25) is 29.4 Å². The Morgan fingerprint density at radius 2 is 2.03 bits per heavy atom. The number of hydrogen-bond acceptors (Lipinski definition) is 9. The number of nitrogens with two attached hydrogens (primary N) is 1. The number of nitrogens with zero attached hydrogens (tertiary/aromatic N) is 2. The van der Waals surface area contributed by atoms with E-state index in [1.54, 1.807) is 0 Å². The van der Waals surface area contributed by atoms with Crippen LogP contribution >= 0.6 is 12.3 Å². The van der Waals surface area contributed by atoms with E-state index in [2.05, 4.69) is 21.5 Å². The molecule has 170 valence electrons. The van der Waals surface area contributed by atoms with Crippen LogP contribution in [0.25, 0.3) is 0 Å². The summed E-state index contributed by atoms with van der Waals surface area (Å²) in [6.07, 6.45) is 1.52. The van der Waals surface area contributed by atoms with Crippen molar-refractivity contribution in [2.75, 3.05) is 26.7 Å². The number of hydrogen-bond donors (Lipinski definition) is 5. The molecule has 3 unspecified atom stereocenters. The van der Waals surface area contributed by atoms with Crippen LogP contribution in [0.1, 0.15) is 26.7 Å². The highest BCUT2D eigenvalue weighted by atomic mass is 32.2. The van der Waals surface area contributed by atoms with Crippen LogP contribution in [0.5, 0.6) is 0 Å². The lowest BCUT2D eigenvalue weighted by atomic mass is 10.0. The Morgan fingerprint density at radius 1 is 1.27 bits per heavy atom. The summed E-state index contributed by atoms with van der Waals surface area (Å²) in [6, 6.07) is -1.82. The Kier molecular flexibility index (Phi) is 8.66. The predicted octanol–water partition coefficient (Wildman–Crippen LogP) is -2.01. The SMILES string of the molecule is C.COSON1C(=O)N2CC1CC[C@H]2C(=O)NCC(=O)NNC(=O)C1CC(N)CN1. The van der Waals surface area contributed by atoms with Crippen LogP contribution in [0.3, 0.4) is 0 Å². The normalized spacial score (nSPS) is 27.5. The maximum atomic E-state index is 12.5. The number of carbonyl (C=O) groups excluding carboxylic acids is 4. The number of piperidine rings is 1. The summed E-state index contributed by atoms with van der Waals surface area (Å²) in [5.41, 5.74) is 10.3. The Hall–Kier alpha value is -2.13. The molecule has 3 fully saturated rings. The van der Waals surface area contributed by atoms with Gasteiger partial charge in [0.05, 0.1) is 25.7 Å². The van der Waals surface area contributed by atoms with Gasteiger partial charge in [-0.25, -0.2) is 4.79 Å². The molecule has 30 heavy (non-hydrogen) atoms. The van der Waals surface area contributed by atoms with Crippen LogP contribution in [0.15, 0.2) is 0 Å². The van der Waals surface area contributed by atoms with Gasteiger partial charge in [-0.05, 0) is 19.3 Å². The van der Waals surface area contributed by atoms with Crippen molar-refractivity contribution < 1.29 is 27.6 Å². The maximum Gasteiger partial charge on any atom is 0.346 e. The quantitative estimate of drug-likeness (QED) is 0.219. The minimum Gasteiger partial charge on any atom is -0.345 e. The molecule has 2 bridgehead atoms. The van der Waals surface area contributed by atoms with Crippen LogP contribution in [0.4, 0.5) is 4.79 Å². The topological polar surface area (TPSA) is 167 Å². The van der Waals surface area contributed by atoms with E-state index in [4.69, 9.17) is 14.2 Å². The van der Waals surface area contributed by atoms with Gasteiger partial charge in [-0.2, -0.15) is 9.35 Å². The first-order valence-electron chi connectivity index (χ1n) is 9.23. The predicted molar refractivity (Wildman–Crippen MR) is 107 cm³/mol. The number of rotatable bonds is 7. The molecule has 3 rings (SSSR count). The molecule has 0 aliphatic carbocycles. The zero-order chi connectivity index (χ0) is 21.0. The van der Waals surface area contributed by atoms with Crippen LogP contribution < -0.4 is 27.2 Å². The third-order valence-electron chi connectivity index (χ3n) is 5.03. The van der Waals surface area contributed by atoms with Crippen molar-refractivity contribution in [1.29, 1.82) is 0 Å². The molecule has 0 aromatic heterocycles. The van der Waals surface area contributed by atoms with Gasteiger partial charge in [0.2, 0.25) is 5.91 Å².